The highest BCUT2D eigenvalue weighted by Crippen LogP contribution is 2.28. The van der Waals surface area contributed by atoms with Crippen molar-refractivity contribution >= 4 is 38.9 Å². The largest absolute Gasteiger partial charge is 0.369 e. The summed E-state index contributed by atoms with van der Waals surface area (Å²) in [6, 6.07) is 13.1. The Kier molecular flexibility index (Phi) is 7.05. The molecule has 172 valence electrons. The SMILES string of the molecule is CCN1CCN(c2ccc(NC(=O)[C@@H]3CCCN3S(=O)(=O)c3ccc(Cl)cc3)cc2)CC1. The molecule has 2 aromatic rings. The van der Waals surface area contributed by atoms with Gasteiger partial charge in [0.05, 0.1) is 4.90 Å². The third-order valence-corrected chi connectivity index (χ3v) is 8.42. The molecule has 0 bridgehead atoms. The molecule has 4 rings (SSSR count). The average molecular weight is 477 g/mol. The lowest BCUT2D eigenvalue weighted by Gasteiger charge is -2.35. The molecule has 0 radical (unpaired) electrons. The second-order valence-electron chi connectivity index (χ2n) is 8.19. The first-order chi connectivity index (χ1) is 15.4. The number of rotatable bonds is 6. The van der Waals surface area contributed by atoms with E-state index < -0.39 is 16.1 Å². The van der Waals surface area contributed by atoms with Crippen molar-refractivity contribution in [3.8, 4) is 0 Å². The lowest BCUT2D eigenvalue weighted by molar-refractivity contribution is -0.119. The number of nitrogens with one attached hydrogen (secondary N) is 1. The van der Waals surface area contributed by atoms with Gasteiger partial charge in [-0.05, 0) is 67.9 Å². The van der Waals surface area contributed by atoms with Crippen LogP contribution in [0.5, 0.6) is 0 Å². The Morgan fingerprint density at radius 2 is 1.66 bits per heavy atom. The molecular formula is C23H29ClN4O3S. The molecule has 2 aromatic carbocycles. The Balaban J connectivity index is 1.41. The Morgan fingerprint density at radius 1 is 1.00 bits per heavy atom. The van der Waals surface area contributed by atoms with E-state index in [1.807, 2.05) is 24.3 Å². The molecule has 32 heavy (non-hydrogen) atoms. The number of carbonyl (C=O) groups is 1. The monoisotopic (exact) mass is 476 g/mol. The van der Waals surface area contributed by atoms with Crippen molar-refractivity contribution < 1.29 is 13.2 Å². The van der Waals surface area contributed by atoms with Crippen molar-refractivity contribution in [1.29, 1.82) is 0 Å². The fraction of sp³-hybridized carbons (Fsp3) is 0.435. The minimum absolute atomic E-state index is 0.147. The fourth-order valence-electron chi connectivity index (χ4n) is 4.34. The predicted molar refractivity (Wildman–Crippen MR) is 128 cm³/mol. The van der Waals surface area contributed by atoms with E-state index >= 15 is 0 Å². The molecular weight excluding hydrogens is 448 g/mol. The summed E-state index contributed by atoms with van der Waals surface area (Å²) < 4.78 is 27.4. The number of likely N-dealkylation sites (N-methyl/N-ethyl adjacent to an activating group) is 1. The molecule has 0 spiro atoms. The van der Waals surface area contributed by atoms with Gasteiger partial charge in [-0.2, -0.15) is 4.31 Å². The first kappa shape index (κ1) is 23.0. The molecule has 1 amide bonds. The number of carbonyl (C=O) groups excluding carboxylic acids is 1. The van der Waals surface area contributed by atoms with Crippen molar-refractivity contribution in [2.75, 3.05) is 49.5 Å². The van der Waals surface area contributed by atoms with Crippen LogP contribution in [0.15, 0.2) is 53.4 Å². The third-order valence-electron chi connectivity index (χ3n) is 6.25. The maximum atomic E-state index is 13.1. The molecule has 0 unspecified atom stereocenters. The van der Waals surface area contributed by atoms with Crippen LogP contribution >= 0.6 is 11.6 Å². The quantitative estimate of drug-likeness (QED) is 0.692. The van der Waals surface area contributed by atoms with Gasteiger partial charge in [0.1, 0.15) is 6.04 Å². The Hall–Kier alpha value is -2.13. The van der Waals surface area contributed by atoms with Crippen LogP contribution in [0.2, 0.25) is 5.02 Å². The van der Waals surface area contributed by atoms with Crippen molar-refractivity contribution in [3.63, 3.8) is 0 Å². The number of halogens is 1. The number of sulfonamides is 1. The van der Waals surface area contributed by atoms with Crippen molar-refractivity contribution in [1.82, 2.24) is 9.21 Å². The van der Waals surface area contributed by atoms with E-state index in [4.69, 9.17) is 11.6 Å². The molecule has 9 heteroatoms. The van der Waals surface area contributed by atoms with Gasteiger partial charge in [0.25, 0.3) is 0 Å². The summed E-state index contributed by atoms with van der Waals surface area (Å²) in [5.74, 6) is -0.302. The molecule has 0 aliphatic carbocycles. The molecule has 0 saturated carbocycles. The van der Waals surface area contributed by atoms with E-state index in [1.165, 1.54) is 16.4 Å². The van der Waals surface area contributed by atoms with Gasteiger partial charge in [0, 0.05) is 49.1 Å². The fourth-order valence-corrected chi connectivity index (χ4v) is 6.12. The lowest BCUT2D eigenvalue weighted by atomic mass is 10.2. The van der Waals surface area contributed by atoms with Crippen LogP contribution in [0.4, 0.5) is 11.4 Å². The number of hydrogen-bond donors (Lipinski definition) is 1. The first-order valence-electron chi connectivity index (χ1n) is 11.0. The minimum atomic E-state index is -3.77. The van der Waals surface area contributed by atoms with Gasteiger partial charge in [0.15, 0.2) is 0 Å². The zero-order chi connectivity index (χ0) is 22.7. The summed E-state index contributed by atoms with van der Waals surface area (Å²) >= 11 is 5.89. The van der Waals surface area contributed by atoms with E-state index in [0.29, 0.717) is 30.1 Å². The highest BCUT2D eigenvalue weighted by Gasteiger charge is 2.39. The summed E-state index contributed by atoms with van der Waals surface area (Å²) in [5.41, 5.74) is 1.80. The number of amides is 1. The third kappa shape index (κ3) is 4.93. The molecule has 7 nitrogen and oxygen atoms in total. The average Bonchev–Trinajstić information content (AvgIpc) is 3.31. The van der Waals surface area contributed by atoms with E-state index in [1.54, 1.807) is 12.1 Å². The lowest BCUT2D eigenvalue weighted by Crippen LogP contribution is -2.46. The molecule has 0 aromatic heterocycles. The van der Waals surface area contributed by atoms with Crippen LogP contribution < -0.4 is 10.2 Å². The molecule has 1 atom stereocenters. The maximum absolute atomic E-state index is 13.1. The normalized spacial score (nSPS) is 20.4. The van der Waals surface area contributed by atoms with Gasteiger partial charge < -0.3 is 15.1 Å². The van der Waals surface area contributed by atoms with Gasteiger partial charge >= 0.3 is 0 Å². The van der Waals surface area contributed by atoms with E-state index in [2.05, 4.69) is 22.0 Å². The van der Waals surface area contributed by atoms with Crippen LogP contribution in [-0.2, 0) is 14.8 Å². The van der Waals surface area contributed by atoms with E-state index in [9.17, 15) is 13.2 Å². The summed E-state index contributed by atoms with van der Waals surface area (Å²) in [6.45, 7) is 7.65. The van der Waals surface area contributed by atoms with Crippen LogP contribution in [0.1, 0.15) is 19.8 Å². The van der Waals surface area contributed by atoms with Gasteiger partial charge in [0.2, 0.25) is 15.9 Å². The number of hydrogen-bond acceptors (Lipinski definition) is 5. The zero-order valence-electron chi connectivity index (χ0n) is 18.2. The number of piperazine rings is 1. The minimum Gasteiger partial charge on any atom is -0.369 e. The van der Waals surface area contributed by atoms with Crippen molar-refractivity contribution in [2.45, 2.75) is 30.7 Å². The second kappa shape index (κ2) is 9.79. The second-order valence-corrected chi connectivity index (χ2v) is 10.5. The van der Waals surface area contributed by atoms with E-state index in [-0.39, 0.29) is 10.8 Å². The van der Waals surface area contributed by atoms with Gasteiger partial charge in [-0.1, -0.05) is 18.5 Å². The smallest absolute Gasteiger partial charge is 0.243 e. The molecule has 2 fully saturated rings. The van der Waals surface area contributed by atoms with Crippen LogP contribution in [0.3, 0.4) is 0 Å². The highest BCUT2D eigenvalue weighted by molar-refractivity contribution is 7.89. The van der Waals surface area contributed by atoms with E-state index in [0.717, 1.165) is 38.4 Å². The maximum Gasteiger partial charge on any atom is 0.243 e. The molecule has 2 saturated heterocycles. The highest BCUT2D eigenvalue weighted by atomic mass is 35.5. The van der Waals surface area contributed by atoms with Gasteiger partial charge in [-0.25, -0.2) is 8.42 Å². The number of anilines is 2. The Bertz CT molecular complexity index is 1040. The first-order valence-corrected chi connectivity index (χ1v) is 12.9. The topological polar surface area (TPSA) is 73.0 Å². The molecule has 2 heterocycles. The summed E-state index contributed by atoms with van der Waals surface area (Å²) in [4.78, 5) is 17.9. The zero-order valence-corrected chi connectivity index (χ0v) is 19.8. The van der Waals surface area contributed by atoms with Crippen molar-refractivity contribution in [3.05, 3.63) is 53.6 Å². The predicted octanol–water partition coefficient (Wildman–Crippen LogP) is 3.27. The Labute approximate surface area is 195 Å². The Morgan fingerprint density at radius 3 is 2.28 bits per heavy atom. The summed E-state index contributed by atoms with van der Waals surface area (Å²) in [5, 5.41) is 3.37. The van der Waals surface area contributed by atoms with Gasteiger partial charge in [-0.15, -0.1) is 0 Å². The van der Waals surface area contributed by atoms with Crippen LogP contribution in [0, 0.1) is 0 Å². The van der Waals surface area contributed by atoms with Crippen LogP contribution in [0.25, 0.3) is 0 Å². The summed E-state index contributed by atoms with van der Waals surface area (Å²) in [7, 11) is -3.77. The molecule has 2 aliphatic heterocycles. The van der Waals surface area contributed by atoms with Crippen molar-refractivity contribution in [2.24, 2.45) is 0 Å². The standard InChI is InChI=1S/C23H29ClN4O3S/c1-2-26-14-16-27(17-15-26)20-9-7-19(8-10-20)25-23(29)22-4-3-13-28(22)32(30,31)21-11-5-18(24)6-12-21/h5-12,22H,2-4,13-17H2,1H3,(H,25,29)/t22-/m0/s1. The number of nitrogens with zero attached hydrogens (tertiary/aromatic N) is 3. The molecule has 2 aliphatic rings. The van der Waals surface area contributed by atoms with Crippen LogP contribution in [-0.4, -0.2) is 68.8 Å². The van der Waals surface area contributed by atoms with Gasteiger partial charge in [-0.3, -0.25) is 4.79 Å². The molecule has 1 N–H and O–H groups in total. The number of benzene rings is 2. The summed E-state index contributed by atoms with van der Waals surface area (Å²) in [6.07, 6.45) is 1.14.